The van der Waals surface area contributed by atoms with Crippen LogP contribution >= 0.6 is 24.0 Å². The van der Waals surface area contributed by atoms with E-state index < -0.39 is 5.60 Å². The molecule has 1 unspecified atom stereocenters. The number of ether oxygens (including phenoxy) is 1. The molecule has 1 aromatic rings. The fourth-order valence-corrected chi connectivity index (χ4v) is 2.56. The van der Waals surface area contributed by atoms with Crippen molar-refractivity contribution in [2.45, 2.75) is 60.1 Å². The van der Waals surface area contributed by atoms with Gasteiger partial charge < -0.3 is 24.8 Å². The SMILES string of the molecule is CCNC(=NCC(C)CN(C)C(=O)OC(C)(C)C)NCCn1cnnc1CC.I. The Morgan fingerprint density at radius 2 is 2.03 bits per heavy atom. The molecule has 0 aromatic carbocycles. The Bertz CT molecular complexity index is 628. The number of guanidine groups is 1. The van der Waals surface area contributed by atoms with Gasteiger partial charge in [-0.25, -0.2) is 4.79 Å². The lowest BCUT2D eigenvalue weighted by atomic mass is 10.2. The number of rotatable bonds is 9. The van der Waals surface area contributed by atoms with Crippen molar-refractivity contribution in [2.24, 2.45) is 10.9 Å². The monoisotopic (exact) mass is 523 g/mol. The summed E-state index contributed by atoms with van der Waals surface area (Å²) in [6.07, 6.45) is 2.30. The van der Waals surface area contributed by atoms with E-state index in [4.69, 9.17) is 4.74 Å². The van der Waals surface area contributed by atoms with Gasteiger partial charge in [0.15, 0.2) is 5.96 Å². The molecule has 0 aliphatic heterocycles. The van der Waals surface area contributed by atoms with Crippen molar-refractivity contribution in [2.75, 3.05) is 33.2 Å². The second-order valence-electron chi connectivity index (χ2n) is 7.91. The summed E-state index contributed by atoms with van der Waals surface area (Å²) >= 11 is 0. The standard InChI is InChI=1S/C19H37N7O2.HI/c1-8-16-24-23-14-26(16)11-10-21-17(20-9-2)22-12-15(3)13-25(7)18(27)28-19(4,5)6;/h14-15H,8-13H2,1-7H3,(H2,20,21,22);1H. The van der Waals surface area contributed by atoms with Gasteiger partial charge in [0.25, 0.3) is 0 Å². The Morgan fingerprint density at radius 3 is 2.62 bits per heavy atom. The number of hydrogen-bond donors (Lipinski definition) is 2. The zero-order chi connectivity index (χ0) is 21.2. The number of aromatic nitrogens is 3. The van der Waals surface area contributed by atoms with Crippen molar-refractivity contribution in [3.8, 4) is 0 Å². The largest absolute Gasteiger partial charge is 0.444 e. The van der Waals surface area contributed by atoms with Gasteiger partial charge in [-0.3, -0.25) is 4.99 Å². The molecule has 9 nitrogen and oxygen atoms in total. The van der Waals surface area contributed by atoms with Crippen molar-refractivity contribution in [3.05, 3.63) is 12.2 Å². The molecule has 2 N–H and O–H groups in total. The zero-order valence-corrected chi connectivity index (χ0v) is 21.2. The summed E-state index contributed by atoms with van der Waals surface area (Å²) < 4.78 is 7.42. The van der Waals surface area contributed by atoms with Crippen LogP contribution in [0.5, 0.6) is 0 Å². The third kappa shape index (κ3) is 11.2. The van der Waals surface area contributed by atoms with Crippen LogP contribution in [-0.2, 0) is 17.7 Å². The highest BCUT2D eigenvalue weighted by Gasteiger charge is 2.20. The molecule has 10 heteroatoms. The lowest BCUT2D eigenvalue weighted by Crippen LogP contribution is -2.40. The first-order valence-corrected chi connectivity index (χ1v) is 9.99. The summed E-state index contributed by atoms with van der Waals surface area (Å²) in [5.74, 6) is 1.94. The highest BCUT2D eigenvalue weighted by Crippen LogP contribution is 2.10. The van der Waals surface area contributed by atoms with E-state index in [9.17, 15) is 4.79 Å². The number of halogens is 1. The molecule has 168 valence electrons. The highest BCUT2D eigenvalue weighted by atomic mass is 127. The second kappa shape index (κ2) is 13.6. The summed E-state index contributed by atoms with van der Waals surface area (Å²) in [4.78, 5) is 18.3. The first-order valence-electron chi connectivity index (χ1n) is 9.99. The van der Waals surface area contributed by atoms with Crippen LogP contribution in [0.15, 0.2) is 11.3 Å². The van der Waals surface area contributed by atoms with Gasteiger partial charge in [-0.05, 0) is 33.6 Å². The molecule has 0 fully saturated rings. The number of carbonyl (C=O) groups is 1. The number of aryl methyl sites for hydroxylation is 1. The molecule has 29 heavy (non-hydrogen) atoms. The van der Waals surface area contributed by atoms with Gasteiger partial charge in [0.1, 0.15) is 17.8 Å². The second-order valence-corrected chi connectivity index (χ2v) is 7.91. The maximum atomic E-state index is 12.1. The predicted molar refractivity (Wildman–Crippen MR) is 127 cm³/mol. The molecule has 0 aliphatic rings. The molecule has 0 saturated heterocycles. The molecule has 0 bridgehead atoms. The maximum absolute atomic E-state index is 12.1. The molecular weight excluding hydrogens is 485 g/mol. The van der Waals surface area contributed by atoms with Gasteiger partial charge in [0.05, 0.1) is 0 Å². The van der Waals surface area contributed by atoms with E-state index in [-0.39, 0.29) is 36.0 Å². The van der Waals surface area contributed by atoms with Crippen molar-refractivity contribution in [3.63, 3.8) is 0 Å². The van der Waals surface area contributed by atoms with Crippen LogP contribution in [0, 0.1) is 5.92 Å². The fraction of sp³-hybridized carbons (Fsp3) is 0.789. The Hall–Kier alpha value is -1.59. The van der Waals surface area contributed by atoms with E-state index in [1.165, 1.54) is 0 Å². The third-order valence-corrected chi connectivity index (χ3v) is 3.85. The van der Waals surface area contributed by atoms with Gasteiger partial charge in [0.2, 0.25) is 0 Å². The minimum Gasteiger partial charge on any atom is -0.444 e. The first-order chi connectivity index (χ1) is 13.2. The predicted octanol–water partition coefficient (Wildman–Crippen LogP) is 2.52. The molecule has 0 radical (unpaired) electrons. The summed E-state index contributed by atoms with van der Waals surface area (Å²) in [6.45, 7) is 15.2. The van der Waals surface area contributed by atoms with E-state index in [0.29, 0.717) is 13.1 Å². The quantitative estimate of drug-likeness (QED) is 0.294. The first kappa shape index (κ1) is 27.4. The Kier molecular flexibility index (Phi) is 12.9. The Balaban J connectivity index is 0.00000784. The van der Waals surface area contributed by atoms with Gasteiger partial charge in [-0.15, -0.1) is 34.2 Å². The van der Waals surface area contributed by atoms with E-state index in [0.717, 1.165) is 37.8 Å². The lowest BCUT2D eigenvalue weighted by Gasteiger charge is -2.26. The molecule has 0 aliphatic carbocycles. The van der Waals surface area contributed by atoms with Crippen molar-refractivity contribution >= 4 is 36.0 Å². The Labute approximate surface area is 192 Å². The molecule has 1 atom stereocenters. The van der Waals surface area contributed by atoms with Gasteiger partial charge in [-0.1, -0.05) is 13.8 Å². The van der Waals surface area contributed by atoms with E-state index >= 15 is 0 Å². The number of hydrogen-bond acceptors (Lipinski definition) is 5. The van der Waals surface area contributed by atoms with Crippen LogP contribution < -0.4 is 10.6 Å². The molecule has 1 heterocycles. The molecule has 0 saturated carbocycles. The van der Waals surface area contributed by atoms with Crippen LogP contribution in [0.2, 0.25) is 0 Å². The van der Waals surface area contributed by atoms with Crippen LogP contribution in [0.1, 0.15) is 47.4 Å². The number of nitrogens with one attached hydrogen (secondary N) is 2. The van der Waals surface area contributed by atoms with Crippen LogP contribution in [-0.4, -0.2) is 70.5 Å². The maximum Gasteiger partial charge on any atom is 0.410 e. The highest BCUT2D eigenvalue weighted by molar-refractivity contribution is 14.0. The summed E-state index contributed by atoms with van der Waals surface area (Å²) in [5, 5.41) is 14.6. The van der Waals surface area contributed by atoms with Crippen LogP contribution in [0.3, 0.4) is 0 Å². The molecular formula is C19H38IN7O2. The van der Waals surface area contributed by atoms with Crippen molar-refractivity contribution in [1.29, 1.82) is 0 Å². The third-order valence-electron chi connectivity index (χ3n) is 3.85. The average molecular weight is 523 g/mol. The number of carbonyl (C=O) groups excluding carboxylic acids is 1. The molecule has 1 aromatic heterocycles. The molecule has 1 amide bonds. The lowest BCUT2D eigenvalue weighted by molar-refractivity contribution is 0.0279. The topological polar surface area (TPSA) is 96.7 Å². The molecule has 1 rings (SSSR count). The summed E-state index contributed by atoms with van der Waals surface area (Å²) in [7, 11) is 1.75. The van der Waals surface area contributed by atoms with E-state index in [2.05, 4.69) is 39.7 Å². The number of nitrogens with zero attached hydrogens (tertiary/aromatic N) is 5. The van der Waals surface area contributed by atoms with E-state index in [1.807, 2.05) is 32.3 Å². The number of aliphatic imine (C=N–C) groups is 1. The van der Waals surface area contributed by atoms with Crippen molar-refractivity contribution < 1.29 is 9.53 Å². The minimum atomic E-state index is -0.489. The van der Waals surface area contributed by atoms with Crippen LogP contribution in [0.25, 0.3) is 0 Å². The molecule has 0 spiro atoms. The van der Waals surface area contributed by atoms with E-state index in [1.54, 1.807) is 18.3 Å². The zero-order valence-electron chi connectivity index (χ0n) is 18.9. The average Bonchev–Trinajstić information content (AvgIpc) is 3.05. The van der Waals surface area contributed by atoms with Gasteiger partial charge in [0, 0.05) is 46.2 Å². The van der Waals surface area contributed by atoms with Gasteiger partial charge >= 0.3 is 6.09 Å². The summed E-state index contributed by atoms with van der Waals surface area (Å²) in [6, 6.07) is 0. The van der Waals surface area contributed by atoms with Crippen LogP contribution in [0.4, 0.5) is 4.79 Å². The minimum absolute atomic E-state index is 0. The smallest absolute Gasteiger partial charge is 0.410 e. The van der Waals surface area contributed by atoms with Crippen molar-refractivity contribution in [1.82, 2.24) is 30.3 Å². The normalized spacial score (nSPS) is 12.7. The van der Waals surface area contributed by atoms with Gasteiger partial charge in [-0.2, -0.15) is 0 Å². The fourth-order valence-electron chi connectivity index (χ4n) is 2.56. The Morgan fingerprint density at radius 1 is 1.34 bits per heavy atom. The number of amides is 1. The summed E-state index contributed by atoms with van der Waals surface area (Å²) in [5.41, 5.74) is -0.489.